The molecule has 1 atom stereocenters. The highest BCUT2D eigenvalue weighted by molar-refractivity contribution is 5.91. The molecule has 2 aromatic rings. The zero-order valence-electron chi connectivity index (χ0n) is 15.8. The summed E-state index contributed by atoms with van der Waals surface area (Å²) in [6.45, 7) is 6.90. The maximum atomic E-state index is 12.5. The number of rotatable bonds is 4. The number of fused-ring (bicyclic) bond motifs is 1. The number of carbonyl (C=O) groups is 1. The molecule has 0 aromatic carbocycles. The van der Waals surface area contributed by atoms with Crippen LogP contribution in [0.25, 0.3) is 0 Å². The molecule has 1 fully saturated rings. The van der Waals surface area contributed by atoms with E-state index in [0.29, 0.717) is 19.8 Å². The number of aromatic nitrogens is 3. The van der Waals surface area contributed by atoms with Crippen molar-refractivity contribution in [2.45, 2.75) is 51.7 Å². The van der Waals surface area contributed by atoms with E-state index >= 15 is 0 Å². The van der Waals surface area contributed by atoms with E-state index in [-0.39, 0.29) is 23.6 Å². The first kappa shape index (κ1) is 17.9. The van der Waals surface area contributed by atoms with Gasteiger partial charge in [0.2, 0.25) is 11.7 Å². The van der Waals surface area contributed by atoms with Gasteiger partial charge < -0.3 is 19.5 Å². The number of anilines is 1. The van der Waals surface area contributed by atoms with Crippen LogP contribution in [0.1, 0.15) is 60.1 Å². The Bertz CT molecular complexity index is 819. The molecule has 1 N–H and O–H groups in total. The third-order valence-corrected chi connectivity index (χ3v) is 5.07. The minimum absolute atomic E-state index is 0.0295. The minimum atomic E-state index is -0.218. The van der Waals surface area contributed by atoms with E-state index in [2.05, 4.69) is 20.4 Å². The molecule has 2 aliphatic rings. The van der Waals surface area contributed by atoms with Crippen molar-refractivity contribution in [1.82, 2.24) is 20.4 Å². The summed E-state index contributed by atoms with van der Waals surface area (Å²) in [6.07, 6.45) is 4.58. The molecule has 4 rings (SSSR count). The molecule has 1 saturated heterocycles. The molecule has 2 aliphatic heterocycles. The summed E-state index contributed by atoms with van der Waals surface area (Å²) in [7, 11) is 0. The predicted octanol–water partition coefficient (Wildman–Crippen LogP) is 2.06. The van der Waals surface area contributed by atoms with Gasteiger partial charge in [-0.05, 0) is 18.8 Å². The van der Waals surface area contributed by atoms with E-state index in [4.69, 9.17) is 14.2 Å². The molecule has 0 aliphatic carbocycles. The van der Waals surface area contributed by atoms with E-state index in [1.54, 1.807) is 6.07 Å². The second-order valence-corrected chi connectivity index (χ2v) is 7.47. The van der Waals surface area contributed by atoms with Gasteiger partial charge in [-0.15, -0.1) is 0 Å². The van der Waals surface area contributed by atoms with Crippen molar-refractivity contribution in [3.05, 3.63) is 35.0 Å². The minimum Gasteiger partial charge on any atom is -0.376 e. The first-order valence-corrected chi connectivity index (χ1v) is 9.55. The Balaban J connectivity index is 1.41. The van der Waals surface area contributed by atoms with Gasteiger partial charge in [-0.1, -0.05) is 19.0 Å². The number of hydrogen-bond acceptors (Lipinski definition) is 7. The normalized spacial score (nSPS) is 19.8. The topological polar surface area (TPSA) is 93.4 Å². The fourth-order valence-corrected chi connectivity index (χ4v) is 3.47. The van der Waals surface area contributed by atoms with Gasteiger partial charge in [-0.3, -0.25) is 4.79 Å². The van der Waals surface area contributed by atoms with Gasteiger partial charge in [0.25, 0.3) is 5.91 Å². The van der Waals surface area contributed by atoms with Crippen molar-refractivity contribution in [2.24, 2.45) is 0 Å². The van der Waals surface area contributed by atoms with Gasteiger partial charge in [0, 0.05) is 43.4 Å². The Morgan fingerprint density at radius 1 is 1.41 bits per heavy atom. The summed E-state index contributed by atoms with van der Waals surface area (Å²) in [5, 5.41) is 7.02. The van der Waals surface area contributed by atoms with Crippen LogP contribution in [0.5, 0.6) is 0 Å². The monoisotopic (exact) mass is 371 g/mol. The molecule has 0 unspecified atom stereocenters. The van der Waals surface area contributed by atoms with Crippen molar-refractivity contribution >= 4 is 11.9 Å². The van der Waals surface area contributed by atoms with Crippen LogP contribution in [0.15, 0.2) is 16.8 Å². The number of nitrogens with zero attached hydrogens (tertiary/aromatic N) is 4. The highest BCUT2D eigenvalue weighted by Gasteiger charge is 2.26. The van der Waals surface area contributed by atoms with Crippen molar-refractivity contribution < 1.29 is 14.1 Å². The van der Waals surface area contributed by atoms with Crippen LogP contribution < -0.4 is 10.2 Å². The predicted molar refractivity (Wildman–Crippen MR) is 98.7 cm³/mol. The summed E-state index contributed by atoms with van der Waals surface area (Å²) < 4.78 is 10.6. The largest absolute Gasteiger partial charge is 0.376 e. The number of ether oxygens (including phenoxy) is 1. The molecule has 4 heterocycles. The lowest BCUT2D eigenvalue weighted by Crippen LogP contribution is -2.48. The Kier molecular flexibility index (Phi) is 5.07. The number of nitrogens with one attached hydrogen (secondary N) is 1. The molecule has 8 nitrogen and oxygen atoms in total. The number of piperidine rings is 1. The molecule has 27 heavy (non-hydrogen) atoms. The van der Waals surface area contributed by atoms with Crippen LogP contribution in [0, 0.1) is 0 Å². The lowest BCUT2D eigenvalue weighted by Gasteiger charge is -2.33. The SMILES string of the molecule is CC(C)c1cc(C(=O)N[C@@H]2CCCN(c3ncc4c(n3)CCOC4)C2)on1. The van der Waals surface area contributed by atoms with Crippen LogP contribution in [0.3, 0.4) is 0 Å². The molecule has 144 valence electrons. The second kappa shape index (κ2) is 7.64. The van der Waals surface area contributed by atoms with Crippen LogP contribution in [-0.4, -0.2) is 46.8 Å². The van der Waals surface area contributed by atoms with Crippen molar-refractivity contribution in [3.63, 3.8) is 0 Å². The molecular formula is C19H25N5O3. The smallest absolute Gasteiger partial charge is 0.290 e. The molecule has 0 saturated carbocycles. The highest BCUT2D eigenvalue weighted by atomic mass is 16.5. The van der Waals surface area contributed by atoms with Crippen LogP contribution >= 0.6 is 0 Å². The number of carbonyl (C=O) groups excluding carboxylic acids is 1. The van der Waals surface area contributed by atoms with Crippen molar-refractivity contribution in [2.75, 3.05) is 24.6 Å². The van der Waals surface area contributed by atoms with E-state index in [0.717, 1.165) is 48.7 Å². The average molecular weight is 371 g/mol. The summed E-state index contributed by atoms with van der Waals surface area (Å²) in [5.41, 5.74) is 2.93. The highest BCUT2D eigenvalue weighted by Crippen LogP contribution is 2.21. The Morgan fingerprint density at radius 2 is 2.30 bits per heavy atom. The summed E-state index contributed by atoms with van der Waals surface area (Å²) in [4.78, 5) is 23.8. The van der Waals surface area contributed by atoms with Gasteiger partial charge in [0.05, 0.1) is 24.6 Å². The lowest BCUT2D eigenvalue weighted by atomic mass is 10.1. The molecule has 0 bridgehead atoms. The van der Waals surface area contributed by atoms with E-state index in [1.807, 2.05) is 20.0 Å². The van der Waals surface area contributed by atoms with E-state index in [1.165, 1.54) is 0 Å². The zero-order valence-corrected chi connectivity index (χ0v) is 15.8. The first-order valence-electron chi connectivity index (χ1n) is 9.55. The number of hydrogen-bond donors (Lipinski definition) is 1. The number of amides is 1. The van der Waals surface area contributed by atoms with Gasteiger partial charge >= 0.3 is 0 Å². The van der Waals surface area contributed by atoms with Crippen molar-refractivity contribution in [3.8, 4) is 0 Å². The second-order valence-electron chi connectivity index (χ2n) is 7.47. The van der Waals surface area contributed by atoms with Crippen LogP contribution in [0.2, 0.25) is 0 Å². The molecule has 2 aromatic heterocycles. The third kappa shape index (κ3) is 3.95. The maximum Gasteiger partial charge on any atom is 0.290 e. The average Bonchev–Trinajstić information content (AvgIpc) is 3.19. The Morgan fingerprint density at radius 3 is 3.11 bits per heavy atom. The summed E-state index contributed by atoms with van der Waals surface area (Å²) in [6, 6.07) is 1.75. The van der Waals surface area contributed by atoms with Gasteiger partial charge in [0.1, 0.15) is 0 Å². The first-order chi connectivity index (χ1) is 13.1. The Hall–Kier alpha value is -2.48. The Labute approximate surface area is 158 Å². The zero-order chi connectivity index (χ0) is 18.8. The van der Waals surface area contributed by atoms with Crippen molar-refractivity contribution in [1.29, 1.82) is 0 Å². The van der Waals surface area contributed by atoms with Crippen LogP contribution in [0.4, 0.5) is 5.95 Å². The van der Waals surface area contributed by atoms with Gasteiger partial charge in [-0.25, -0.2) is 9.97 Å². The molecule has 0 radical (unpaired) electrons. The fraction of sp³-hybridized carbons (Fsp3) is 0.579. The standard InChI is InChI=1S/C19H25N5O3/c1-12(2)16-8-17(27-23-16)18(25)21-14-4-3-6-24(10-14)19-20-9-13-11-26-7-5-15(13)22-19/h8-9,12,14H,3-7,10-11H2,1-2H3,(H,21,25)/t14-/m1/s1. The van der Waals surface area contributed by atoms with Crippen LogP contribution in [-0.2, 0) is 17.8 Å². The molecular weight excluding hydrogens is 346 g/mol. The van der Waals surface area contributed by atoms with Gasteiger partial charge in [-0.2, -0.15) is 0 Å². The quantitative estimate of drug-likeness (QED) is 0.879. The summed E-state index contributed by atoms with van der Waals surface area (Å²) in [5.74, 6) is 1.01. The van der Waals surface area contributed by atoms with Gasteiger partial charge in [0.15, 0.2) is 0 Å². The summed E-state index contributed by atoms with van der Waals surface area (Å²) >= 11 is 0. The molecule has 0 spiro atoms. The third-order valence-electron chi connectivity index (χ3n) is 5.07. The van der Waals surface area contributed by atoms with E-state index in [9.17, 15) is 4.79 Å². The molecule has 8 heteroatoms. The fourth-order valence-electron chi connectivity index (χ4n) is 3.47. The lowest BCUT2D eigenvalue weighted by molar-refractivity contribution is 0.0895. The van der Waals surface area contributed by atoms with E-state index < -0.39 is 0 Å². The molecule has 1 amide bonds. The maximum absolute atomic E-state index is 12.5.